The number of nitriles is 1. The molecule has 8 nitrogen and oxygen atoms in total. The number of aromatic nitrogens is 3. The van der Waals surface area contributed by atoms with Crippen molar-refractivity contribution in [3.63, 3.8) is 0 Å². The molecule has 1 aliphatic rings. The maximum absolute atomic E-state index is 13.2. The van der Waals surface area contributed by atoms with Gasteiger partial charge in [0.05, 0.1) is 35.0 Å². The number of carbonyl (C=O) groups excluding carboxylic acids is 2. The second-order valence-electron chi connectivity index (χ2n) is 6.71. The third-order valence-corrected chi connectivity index (χ3v) is 5.85. The Morgan fingerprint density at radius 3 is 2.73 bits per heavy atom. The van der Waals surface area contributed by atoms with Crippen LogP contribution in [0.1, 0.15) is 21.6 Å². The normalized spacial score (nSPS) is 15.6. The van der Waals surface area contributed by atoms with E-state index < -0.39 is 6.04 Å². The zero-order valence-corrected chi connectivity index (χ0v) is 17.0. The summed E-state index contributed by atoms with van der Waals surface area (Å²) in [5.74, 6) is 1.08. The summed E-state index contributed by atoms with van der Waals surface area (Å²) < 4.78 is 1.61. The number of benzene rings is 1. The molecule has 2 amide bonds. The molecular formula is C21H18N6O2S. The molecule has 0 radical (unpaired) electrons. The first kappa shape index (κ1) is 19.7. The Morgan fingerprint density at radius 1 is 1.23 bits per heavy atom. The van der Waals surface area contributed by atoms with Gasteiger partial charge in [-0.05, 0) is 43.3 Å². The largest absolute Gasteiger partial charge is 0.324 e. The highest BCUT2D eigenvalue weighted by Crippen LogP contribution is 2.26. The molecule has 0 spiro atoms. The van der Waals surface area contributed by atoms with Crippen molar-refractivity contribution in [3.05, 3.63) is 71.7 Å². The van der Waals surface area contributed by atoms with Crippen molar-refractivity contribution in [1.82, 2.24) is 19.7 Å². The number of rotatable bonds is 4. The van der Waals surface area contributed by atoms with Crippen LogP contribution in [-0.4, -0.2) is 49.2 Å². The standard InChI is InChI=1S/C21H18N6O2S/c1-14-17(11-24-27(14)19-4-2-3-9-23-19)21(29)26-13-30-12-18(26)20(28)25-16-7-5-15(10-22)6-8-16/h2-9,11,18H,12-13H2,1H3,(H,25,28). The number of thioether (sulfide) groups is 1. The van der Waals surface area contributed by atoms with Gasteiger partial charge >= 0.3 is 0 Å². The fourth-order valence-corrected chi connectivity index (χ4v) is 4.35. The van der Waals surface area contributed by atoms with Gasteiger partial charge in [0.1, 0.15) is 6.04 Å². The smallest absolute Gasteiger partial charge is 0.258 e. The molecule has 1 aromatic carbocycles. The maximum Gasteiger partial charge on any atom is 0.258 e. The van der Waals surface area contributed by atoms with Gasteiger partial charge in [-0.15, -0.1) is 11.8 Å². The molecule has 1 atom stereocenters. The highest BCUT2D eigenvalue weighted by atomic mass is 32.2. The van der Waals surface area contributed by atoms with E-state index in [1.807, 2.05) is 31.2 Å². The average molecular weight is 418 g/mol. The molecule has 1 fully saturated rings. The van der Waals surface area contributed by atoms with Crippen molar-refractivity contribution in [2.24, 2.45) is 0 Å². The van der Waals surface area contributed by atoms with E-state index >= 15 is 0 Å². The van der Waals surface area contributed by atoms with Gasteiger partial charge in [0.15, 0.2) is 5.82 Å². The van der Waals surface area contributed by atoms with Crippen molar-refractivity contribution in [1.29, 1.82) is 5.26 Å². The van der Waals surface area contributed by atoms with Gasteiger partial charge in [-0.1, -0.05) is 6.07 Å². The molecule has 1 unspecified atom stereocenters. The fourth-order valence-electron chi connectivity index (χ4n) is 3.20. The first-order valence-electron chi connectivity index (χ1n) is 9.24. The maximum atomic E-state index is 13.2. The SMILES string of the molecule is Cc1c(C(=O)N2CSCC2C(=O)Nc2ccc(C#N)cc2)cnn1-c1ccccn1. The Morgan fingerprint density at radius 2 is 2.03 bits per heavy atom. The molecular weight excluding hydrogens is 400 g/mol. The summed E-state index contributed by atoms with van der Waals surface area (Å²) in [5, 5.41) is 16.0. The summed E-state index contributed by atoms with van der Waals surface area (Å²) in [4.78, 5) is 31.8. The van der Waals surface area contributed by atoms with E-state index in [2.05, 4.69) is 15.4 Å². The lowest BCUT2D eigenvalue weighted by atomic mass is 10.2. The van der Waals surface area contributed by atoms with Crippen LogP contribution in [0.15, 0.2) is 54.9 Å². The molecule has 0 bridgehead atoms. The Kier molecular flexibility index (Phi) is 5.50. The van der Waals surface area contributed by atoms with Gasteiger partial charge in [0.25, 0.3) is 5.91 Å². The number of hydrogen-bond acceptors (Lipinski definition) is 6. The molecule has 30 heavy (non-hydrogen) atoms. The van der Waals surface area contributed by atoms with E-state index in [0.29, 0.717) is 40.0 Å². The van der Waals surface area contributed by atoms with E-state index in [1.165, 1.54) is 18.0 Å². The lowest BCUT2D eigenvalue weighted by Crippen LogP contribution is -2.44. The number of nitrogens with zero attached hydrogens (tertiary/aromatic N) is 5. The van der Waals surface area contributed by atoms with Crippen LogP contribution in [0.4, 0.5) is 5.69 Å². The Hall–Kier alpha value is -3.64. The molecule has 9 heteroatoms. The molecule has 3 heterocycles. The molecule has 1 N–H and O–H groups in total. The number of amides is 2. The van der Waals surface area contributed by atoms with Crippen LogP contribution in [-0.2, 0) is 4.79 Å². The van der Waals surface area contributed by atoms with Crippen molar-refractivity contribution in [3.8, 4) is 11.9 Å². The van der Waals surface area contributed by atoms with E-state index in [0.717, 1.165) is 0 Å². The minimum absolute atomic E-state index is 0.236. The van der Waals surface area contributed by atoms with Crippen LogP contribution in [0.5, 0.6) is 0 Å². The van der Waals surface area contributed by atoms with Crippen LogP contribution in [0.25, 0.3) is 5.82 Å². The molecule has 2 aromatic heterocycles. The number of nitrogens with one attached hydrogen (secondary N) is 1. The average Bonchev–Trinajstić information content (AvgIpc) is 3.41. The summed E-state index contributed by atoms with van der Waals surface area (Å²) in [6, 6.07) is 13.5. The van der Waals surface area contributed by atoms with Gasteiger partial charge in [-0.3, -0.25) is 9.59 Å². The highest BCUT2D eigenvalue weighted by molar-refractivity contribution is 7.99. The fraction of sp³-hybridized carbons (Fsp3) is 0.190. The first-order chi connectivity index (χ1) is 14.6. The first-order valence-corrected chi connectivity index (χ1v) is 10.4. The summed E-state index contributed by atoms with van der Waals surface area (Å²) in [6.07, 6.45) is 3.18. The molecule has 1 saturated heterocycles. The lowest BCUT2D eigenvalue weighted by Gasteiger charge is -2.23. The predicted molar refractivity (Wildman–Crippen MR) is 113 cm³/mol. The van der Waals surface area contributed by atoms with Gasteiger partial charge in [-0.25, -0.2) is 9.67 Å². The van der Waals surface area contributed by atoms with Crippen LogP contribution in [0, 0.1) is 18.3 Å². The number of hydrogen-bond donors (Lipinski definition) is 1. The quantitative estimate of drug-likeness (QED) is 0.698. The number of anilines is 1. The third-order valence-electron chi connectivity index (χ3n) is 4.83. The Bertz CT molecular complexity index is 1120. The predicted octanol–water partition coefficient (Wildman–Crippen LogP) is 2.60. The number of carbonyl (C=O) groups is 2. The minimum atomic E-state index is -0.587. The van der Waals surface area contributed by atoms with Crippen molar-refractivity contribution >= 4 is 29.3 Å². The molecule has 0 saturated carbocycles. The Balaban J connectivity index is 1.52. The molecule has 1 aliphatic heterocycles. The summed E-state index contributed by atoms with van der Waals surface area (Å²) in [7, 11) is 0. The van der Waals surface area contributed by atoms with Crippen LogP contribution >= 0.6 is 11.8 Å². The van der Waals surface area contributed by atoms with Gasteiger partial charge in [0, 0.05) is 17.6 Å². The van der Waals surface area contributed by atoms with E-state index in [-0.39, 0.29) is 11.8 Å². The summed E-state index contributed by atoms with van der Waals surface area (Å²) in [6.45, 7) is 1.81. The van der Waals surface area contributed by atoms with Crippen LogP contribution in [0.2, 0.25) is 0 Å². The van der Waals surface area contributed by atoms with Gasteiger partial charge in [-0.2, -0.15) is 10.4 Å². The molecule has 4 rings (SSSR count). The third kappa shape index (κ3) is 3.77. The van der Waals surface area contributed by atoms with Gasteiger partial charge in [0.2, 0.25) is 5.91 Å². The summed E-state index contributed by atoms with van der Waals surface area (Å²) >= 11 is 1.53. The monoisotopic (exact) mass is 418 g/mol. The van der Waals surface area contributed by atoms with E-state index in [1.54, 1.807) is 40.0 Å². The lowest BCUT2D eigenvalue weighted by molar-refractivity contribution is -0.119. The second kappa shape index (κ2) is 8.39. The van der Waals surface area contributed by atoms with Crippen molar-refractivity contribution in [2.45, 2.75) is 13.0 Å². The molecule has 150 valence electrons. The van der Waals surface area contributed by atoms with E-state index in [4.69, 9.17) is 5.26 Å². The van der Waals surface area contributed by atoms with E-state index in [9.17, 15) is 9.59 Å². The van der Waals surface area contributed by atoms with Crippen LogP contribution < -0.4 is 5.32 Å². The van der Waals surface area contributed by atoms with Crippen molar-refractivity contribution < 1.29 is 9.59 Å². The number of pyridine rings is 1. The molecule has 3 aromatic rings. The minimum Gasteiger partial charge on any atom is -0.324 e. The van der Waals surface area contributed by atoms with Crippen LogP contribution in [0.3, 0.4) is 0 Å². The molecule has 0 aliphatic carbocycles. The topological polar surface area (TPSA) is 104 Å². The second-order valence-corrected chi connectivity index (χ2v) is 7.71. The summed E-state index contributed by atoms with van der Waals surface area (Å²) in [5.41, 5.74) is 2.21. The zero-order chi connectivity index (χ0) is 21.1. The highest BCUT2D eigenvalue weighted by Gasteiger charge is 2.36. The van der Waals surface area contributed by atoms with Gasteiger partial charge < -0.3 is 10.2 Å². The van der Waals surface area contributed by atoms with Crippen molar-refractivity contribution in [2.75, 3.05) is 16.9 Å². The Labute approximate surface area is 177 Å². The zero-order valence-electron chi connectivity index (χ0n) is 16.1.